The summed E-state index contributed by atoms with van der Waals surface area (Å²) >= 11 is 0. The maximum atomic E-state index is 6.47. The van der Waals surface area contributed by atoms with Crippen molar-refractivity contribution in [1.29, 1.82) is 0 Å². The average molecular weight is 682 g/mol. The molecule has 0 atom stereocenters. The van der Waals surface area contributed by atoms with Crippen LogP contribution in [0.15, 0.2) is 156 Å². The van der Waals surface area contributed by atoms with Crippen LogP contribution in [0.1, 0.15) is 25.0 Å². The molecule has 11 rings (SSSR count). The van der Waals surface area contributed by atoms with E-state index in [9.17, 15) is 0 Å². The normalized spacial score (nSPS) is 13.2. The SMILES string of the molecule is CC1(C)c2cc(-n3c4ccccc4c4cccnc43)ccc2-c2cccc(-c3nc(-c4ccccc4)nc(-c4cccc5c4oc4ccccc45)n3)c21. The van der Waals surface area contributed by atoms with E-state index in [2.05, 4.69) is 103 Å². The molecule has 0 saturated carbocycles. The molecular formula is C47H31N5O. The summed E-state index contributed by atoms with van der Waals surface area (Å²) in [5, 5.41) is 4.44. The van der Waals surface area contributed by atoms with Crippen molar-refractivity contribution in [2.75, 3.05) is 0 Å². The first-order chi connectivity index (χ1) is 26.0. The fourth-order valence-corrected chi connectivity index (χ4v) is 8.51. The second-order valence-corrected chi connectivity index (χ2v) is 14.3. The van der Waals surface area contributed by atoms with Crippen molar-refractivity contribution < 1.29 is 4.42 Å². The predicted molar refractivity (Wildman–Crippen MR) is 213 cm³/mol. The monoisotopic (exact) mass is 681 g/mol. The van der Waals surface area contributed by atoms with Crippen molar-refractivity contribution in [3.63, 3.8) is 0 Å². The second kappa shape index (κ2) is 11.0. The van der Waals surface area contributed by atoms with Gasteiger partial charge in [0, 0.05) is 50.0 Å². The lowest BCUT2D eigenvalue weighted by atomic mass is 9.80. The van der Waals surface area contributed by atoms with E-state index in [-0.39, 0.29) is 5.41 Å². The topological polar surface area (TPSA) is 69.6 Å². The molecule has 0 saturated heterocycles. The van der Waals surface area contributed by atoms with Gasteiger partial charge in [0.1, 0.15) is 16.8 Å². The number of benzene rings is 6. The number of nitrogens with zero attached hydrogens (tertiary/aromatic N) is 5. The van der Waals surface area contributed by atoms with Crippen molar-refractivity contribution in [2.45, 2.75) is 19.3 Å². The Labute approximate surface area is 305 Å². The van der Waals surface area contributed by atoms with Gasteiger partial charge in [0.05, 0.1) is 11.1 Å². The lowest BCUT2D eigenvalue weighted by Gasteiger charge is -2.24. The third-order valence-corrected chi connectivity index (χ3v) is 10.9. The average Bonchev–Trinajstić information content (AvgIpc) is 3.83. The molecular weight excluding hydrogens is 651 g/mol. The first-order valence-corrected chi connectivity index (χ1v) is 17.9. The van der Waals surface area contributed by atoms with Gasteiger partial charge < -0.3 is 4.42 Å². The summed E-state index contributed by atoms with van der Waals surface area (Å²) in [6.07, 6.45) is 1.87. The third-order valence-electron chi connectivity index (χ3n) is 10.9. The van der Waals surface area contributed by atoms with Crippen LogP contribution in [0.2, 0.25) is 0 Å². The summed E-state index contributed by atoms with van der Waals surface area (Å²) in [7, 11) is 0. The number of furan rings is 1. The van der Waals surface area contributed by atoms with E-state index in [1.165, 1.54) is 27.6 Å². The van der Waals surface area contributed by atoms with Gasteiger partial charge in [-0.25, -0.2) is 19.9 Å². The standard InChI is InChI=1S/C47H31N5O/c1-47(2)38-27-29(52-39-22-8-6-15-31(39)35-21-12-26-48-46(35)52)24-25-30(38)33-17-10-19-36(41(33)47)44-49-43(28-13-4-3-5-14-28)50-45(51-44)37-20-11-18-34-32-16-7-9-23-40(32)53-42(34)37/h3-27H,1-2H3. The van der Waals surface area contributed by atoms with E-state index in [4.69, 9.17) is 24.4 Å². The van der Waals surface area contributed by atoms with Crippen LogP contribution in [0.25, 0.3) is 94.9 Å². The molecule has 1 aliphatic rings. The number of aromatic nitrogens is 5. The van der Waals surface area contributed by atoms with Gasteiger partial charge >= 0.3 is 0 Å². The van der Waals surface area contributed by atoms with Crippen molar-refractivity contribution in [3.8, 4) is 51.0 Å². The van der Waals surface area contributed by atoms with Gasteiger partial charge in [0.15, 0.2) is 17.5 Å². The fourth-order valence-electron chi connectivity index (χ4n) is 8.51. The Hall–Kier alpha value is -6.92. The van der Waals surface area contributed by atoms with Crippen molar-refractivity contribution in [3.05, 3.63) is 163 Å². The summed E-state index contributed by atoms with van der Waals surface area (Å²) in [6, 6.07) is 50.5. The van der Waals surface area contributed by atoms with Crippen LogP contribution in [0, 0.1) is 0 Å². The van der Waals surface area contributed by atoms with Crippen LogP contribution < -0.4 is 0 Å². The third kappa shape index (κ3) is 4.33. The Bertz CT molecular complexity index is 3050. The molecule has 0 aliphatic heterocycles. The van der Waals surface area contributed by atoms with Gasteiger partial charge in [-0.2, -0.15) is 0 Å². The zero-order chi connectivity index (χ0) is 35.3. The van der Waals surface area contributed by atoms with E-state index >= 15 is 0 Å². The maximum absolute atomic E-state index is 6.47. The van der Waals surface area contributed by atoms with Gasteiger partial charge in [-0.1, -0.05) is 117 Å². The molecule has 10 aromatic rings. The molecule has 53 heavy (non-hydrogen) atoms. The molecule has 6 aromatic carbocycles. The minimum absolute atomic E-state index is 0.359. The first-order valence-electron chi connectivity index (χ1n) is 17.9. The van der Waals surface area contributed by atoms with E-state index in [1.54, 1.807) is 0 Å². The quantitative estimate of drug-likeness (QED) is 0.185. The number of pyridine rings is 1. The predicted octanol–water partition coefficient (Wildman–Crippen LogP) is 11.6. The summed E-state index contributed by atoms with van der Waals surface area (Å²) in [4.78, 5) is 20.4. The molecule has 0 spiro atoms. The van der Waals surface area contributed by atoms with Gasteiger partial charge in [0.25, 0.3) is 0 Å². The zero-order valence-electron chi connectivity index (χ0n) is 29.1. The highest BCUT2D eigenvalue weighted by Crippen LogP contribution is 2.52. The van der Waals surface area contributed by atoms with Gasteiger partial charge in [-0.05, 0) is 64.7 Å². The number of fused-ring (bicyclic) bond motifs is 9. The molecule has 6 nitrogen and oxygen atoms in total. The molecule has 0 fully saturated rings. The fraction of sp³-hybridized carbons (Fsp3) is 0.0638. The molecule has 1 aliphatic carbocycles. The molecule has 0 bridgehead atoms. The minimum atomic E-state index is -0.359. The molecule has 6 heteroatoms. The maximum Gasteiger partial charge on any atom is 0.167 e. The molecule has 250 valence electrons. The Morgan fingerprint density at radius 1 is 0.528 bits per heavy atom. The zero-order valence-corrected chi connectivity index (χ0v) is 29.1. The van der Waals surface area contributed by atoms with E-state index in [1.807, 2.05) is 66.9 Å². The molecule has 0 radical (unpaired) electrons. The lowest BCUT2D eigenvalue weighted by Crippen LogP contribution is -2.17. The van der Waals surface area contributed by atoms with Crippen LogP contribution in [0.4, 0.5) is 0 Å². The molecule has 0 amide bonds. The highest BCUT2D eigenvalue weighted by Gasteiger charge is 2.39. The largest absolute Gasteiger partial charge is 0.455 e. The van der Waals surface area contributed by atoms with Crippen molar-refractivity contribution in [1.82, 2.24) is 24.5 Å². The summed E-state index contributed by atoms with van der Waals surface area (Å²) in [5.41, 5.74) is 12.0. The smallest absolute Gasteiger partial charge is 0.167 e. The Kier molecular flexibility index (Phi) is 6.20. The lowest BCUT2D eigenvalue weighted by molar-refractivity contribution is 0.660. The first kappa shape index (κ1) is 29.8. The van der Waals surface area contributed by atoms with Crippen LogP contribution in [0.3, 0.4) is 0 Å². The van der Waals surface area contributed by atoms with Gasteiger partial charge in [0.2, 0.25) is 0 Å². The van der Waals surface area contributed by atoms with Gasteiger partial charge in [-0.15, -0.1) is 0 Å². The van der Waals surface area contributed by atoms with Crippen molar-refractivity contribution >= 4 is 43.9 Å². The van der Waals surface area contributed by atoms with Crippen molar-refractivity contribution in [2.24, 2.45) is 0 Å². The number of hydrogen-bond acceptors (Lipinski definition) is 5. The molecule has 4 aromatic heterocycles. The summed E-state index contributed by atoms with van der Waals surface area (Å²) in [5.74, 6) is 1.82. The molecule has 0 N–H and O–H groups in total. The number of rotatable bonds is 4. The highest BCUT2D eigenvalue weighted by atomic mass is 16.3. The Balaban J connectivity index is 1.11. The minimum Gasteiger partial charge on any atom is -0.455 e. The second-order valence-electron chi connectivity index (χ2n) is 14.3. The highest BCUT2D eigenvalue weighted by molar-refractivity contribution is 6.09. The van der Waals surface area contributed by atoms with Crippen LogP contribution in [0.5, 0.6) is 0 Å². The number of para-hydroxylation sites is 3. The number of hydrogen-bond donors (Lipinski definition) is 0. The van der Waals surface area contributed by atoms with Crippen LogP contribution >= 0.6 is 0 Å². The van der Waals surface area contributed by atoms with E-state index in [0.29, 0.717) is 17.5 Å². The Morgan fingerprint density at radius 3 is 2.09 bits per heavy atom. The van der Waals surface area contributed by atoms with E-state index in [0.717, 1.165) is 60.9 Å². The summed E-state index contributed by atoms with van der Waals surface area (Å²) in [6.45, 7) is 4.62. The van der Waals surface area contributed by atoms with Gasteiger partial charge in [-0.3, -0.25) is 4.57 Å². The van der Waals surface area contributed by atoms with Crippen LogP contribution in [-0.4, -0.2) is 24.5 Å². The summed E-state index contributed by atoms with van der Waals surface area (Å²) < 4.78 is 8.75. The van der Waals surface area contributed by atoms with E-state index < -0.39 is 0 Å². The molecule has 4 heterocycles. The van der Waals surface area contributed by atoms with Crippen LogP contribution in [-0.2, 0) is 5.41 Å². The Morgan fingerprint density at radius 2 is 1.21 bits per heavy atom. The molecule has 0 unspecified atom stereocenters.